The van der Waals surface area contributed by atoms with Crippen LogP contribution in [0.15, 0.2) is 36.5 Å². The molecule has 1 aliphatic heterocycles. The predicted molar refractivity (Wildman–Crippen MR) is 69.5 cm³/mol. The Hall–Kier alpha value is -2.56. The molecule has 5 heteroatoms. The fourth-order valence-electron chi connectivity index (χ4n) is 1.93. The molecule has 1 amide bonds. The van der Waals surface area contributed by atoms with Gasteiger partial charge in [-0.25, -0.2) is 0 Å². The molecule has 0 radical (unpaired) electrons. The van der Waals surface area contributed by atoms with Gasteiger partial charge < -0.3 is 14.8 Å². The first-order valence-electron chi connectivity index (χ1n) is 5.86. The van der Waals surface area contributed by atoms with Gasteiger partial charge in [0.15, 0.2) is 11.5 Å². The van der Waals surface area contributed by atoms with Crippen LogP contribution in [0, 0.1) is 6.92 Å². The van der Waals surface area contributed by atoms with Gasteiger partial charge in [-0.3, -0.25) is 9.78 Å². The second-order valence-electron chi connectivity index (χ2n) is 4.18. The normalized spacial score (nSPS) is 12.3. The molecule has 0 spiro atoms. The number of aromatic nitrogens is 1. The molecule has 96 valence electrons. The number of carbonyl (C=O) groups excluding carboxylic acids is 1. The molecule has 2 heterocycles. The van der Waals surface area contributed by atoms with Crippen LogP contribution in [0.2, 0.25) is 0 Å². The van der Waals surface area contributed by atoms with E-state index in [1.165, 1.54) is 0 Å². The molecule has 19 heavy (non-hydrogen) atoms. The third-order valence-corrected chi connectivity index (χ3v) is 2.80. The van der Waals surface area contributed by atoms with Crippen LogP contribution in [0.25, 0.3) is 0 Å². The van der Waals surface area contributed by atoms with Gasteiger partial charge in [0.2, 0.25) is 6.79 Å². The Morgan fingerprint density at radius 2 is 2.21 bits per heavy atom. The summed E-state index contributed by atoms with van der Waals surface area (Å²) in [5.74, 6) is 0.859. The second-order valence-corrected chi connectivity index (χ2v) is 4.18. The molecule has 1 aromatic carbocycles. The van der Waals surface area contributed by atoms with Crippen LogP contribution >= 0.6 is 0 Å². The summed E-state index contributed by atoms with van der Waals surface area (Å²) in [6.45, 7) is 2.01. The van der Waals surface area contributed by atoms with E-state index in [1.54, 1.807) is 36.5 Å². The van der Waals surface area contributed by atoms with Crippen LogP contribution < -0.4 is 14.8 Å². The first-order valence-corrected chi connectivity index (χ1v) is 5.86. The first kappa shape index (κ1) is 11.5. The summed E-state index contributed by atoms with van der Waals surface area (Å²) < 4.78 is 10.6. The molecule has 0 unspecified atom stereocenters. The van der Waals surface area contributed by atoms with E-state index >= 15 is 0 Å². The number of pyridine rings is 1. The molecule has 1 aliphatic rings. The molecule has 5 nitrogen and oxygen atoms in total. The predicted octanol–water partition coefficient (Wildman–Crippen LogP) is 2.37. The van der Waals surface area contributed by atoms with Crippen molar-refractivity contribution in [2.24, 2.45) is 0 Å². The molecule has 3 rings (SSSR count). The Balaban J connectivity index is 1.87. The summed E-state index contributed by atoms with van der Waals surface area (Å²) in [7, 11) is 0. The van der Waals surface area contributed by atoms with Crippen LogP contribution in [-0.4, -0.2) is 17.7 Å². The summed E-state index contributed by atoms with van der Waals surface area (Å²) in [4.78, 5) is 16.3. The zero-order valence-electron chi connectivity index (χ0n) is 10.3. The highest BCUT2D eigenvalue weighted by Gasteiger charge is 2.21. The lowest BCUT2D eigenvalue weighted by molar-refractivity contribution is 0.102. The molecule has 0 fully saturated rings. The van der Waals surface area contributed by atoms with Crippen LogP contribution in [0.4, 0.5) is 5.69 Å². The molecular weight excluding hydrogens is 244 g/mol. The van der Waals surface area contributed by atoms with E-state index in [0.717, 1.165) is 5.69 Å². The Bertz CT molecular complexity index is 640. The maximum Gasteiger partial charge on any atom is 0.259 e. The number of benzene rings is 1. The van der Waals surface area contributed by atoms with Crippen molar-refractivity contribution < 1.29 is 14.3 Å². The number of hydrogen-bond donors (Lipinski definition) is 1. The summed E-state index contributed by atoms with van der Waals surface area (Å²) >= 11 is 0. The quantitative estimate of drug-likeness (QED) is 0.896. The smallest absolute Gasteiger partial charge is 0.259 e. The third kappa shape index (κ3) is 2.22. The summed E-state index contributed by atoms with van der Waals surface area (Å²) in [6, 6.07) is 8.79. The zero-order valence-corrected chi connectivity index (χ0v) is 10.3. The number of nitrogens with zero attached hydrogens (tertiary/aromatic N) is 1. The second kappa shape index (κ2) is 4.61. The van der Waals surface area contributed by atoms with E-state index in [-0.39, 0.29) is 12.7 Å². The van der Waals surface area contributed by atoms with Gasteiger partial charge in [-0.15, -0.1) is 0 Å². The Labute approximate surface area is 110 Å². The van der Waals surface area contributed by atoms with Gasteiger partial charge in [0.05, 0.1) is 5.56 Å². The Morgan fingerprint density at radius 3 is 3.05 bits per heavy atom. The molecular formula is C14H12N2O3. The van der Waals surface area contributed by atoms with Crippen molar-refractivity contribution in [1.29, 1.82) is 0 Å². The van der Waals surface area contributed by atoms with E-state index in [4.69, 9.17) is 9.47 Å². The van der Waals surface area contributed by atoms with Gasteiger partial charge in [0.1, 0.15) is 0 Å². The van der Waals surface area contributed by atoms with Crippen molar-refractivity contribution >= 4 is 11.6 Å². The van der Waals surface area contributed by atoms with Crippen molar-refractivity contribution in [2.75, 3.05) is 12.1 Å². The molecule has 0 aliphatic carbocycles. The van der Waals surface area contributed by atoms with Gasteiger partial charge in [0, 0.05) is 17.6 Å². The van der Waals surface area contributed by atoms with Gasteiger partial charge in [-0.2, -0.15) is 0 Å². The van der Waals surface area contributed by atoms with Crippen molar-refractivity contribution in [1.82, 2.24) is 4.98 Å². The number of amides is 1. The standard InChI is InChI=1S/C14H12N2O3/c1-9-7-10(5-6-15-9)16-14(17)11-3-2-4-12-13(11)19-8-18-12/h2-7H,8H2,1H3,(H,15,16,17). The number of carbonyl (C=O) groups is 1. The van der Waals surface area contributed by atoms with Gasteiger partial charge in [0.25, 0.3) is 5.91 Å². The molecule has 1 N–H and O–H groups in total. The van der Waals surface area contributed by atoms with Gasteiger partial charge >= 0.3 is 0 Å². The Morgan fingerprint density at radius 1 is 1.32 bits per heavy atom. The summed E-state index contributed by atoms with van der Waals surface area (Å²) in [5, 5.41) is 2.81. The molecule has 0 atom stereocenters. The van der Waals surface area contributed by atoms with Crippen molar-refractivity contribution in [3.63, 3.8) is 0 Å². The molecule has 0 saturated carbocycles. The number of ether oxygens (including phenoxy) is 2. The number of rotatable bonds is 2. The third-order valence-electron chi connectivity index (χ3n) is 2.80. The minimum atomic E-state index is -0.229. The zero-order chi connectivity index (χ0) is 13.2. The van der Waals surface area contributed by atoms with Crippen molar-refractivity contribution in [3.05, 3.63) is 47.8 Å². The average Bonchev–Trinajstić information content (AvgIpc) is 2.86. The van der Waals surface area contributed by atoms with Gasteiger partial charge in [-0.1, -0.05) is 6.07 Å². The lowest BCUT2D eigenvalue weighted by atomic mass is 10.1. The van der Waals surface area contributed by atoms with Crippen LogP contribution in [-0.2, 0) is 0 Å². The maximum atomic E-state index is 12.2. The number of para-hydroxylation sites is 1. The molecule has 1 aromatic heterocycles. The molecule has 0 bridgehead atoms. The van der Waals surface area contributed by atoms with Crippen molar-refractivity contribution in [2.45, 2.75) is 6.92 Å². The van der Waals surface area contributed by atoms with E-state index in [0.29, 0.717) is 22.7 Å². The number of hydrogen-bond acceptors (Lipinski definition) is 4. The first-order chi connectivity index (χ1) is 9.24. The highest BCUT2D eigenvalue weighted by Crippen LogP contribution is 2.35. The number of anilines is 1. The average molecular weight is 256 g/mol. The van der Waals surface area contributed by atoms with E-state index in [9.17, 15) is 4.79 Å². The van der Waals surface area contributed by atoms with Crippen LogP contribution in [0.5, 0.6) is 11.5 Å². The SMILES string of the molecule is Cc1cc(NC(=O)c2cccc3c2OCO3)ccn1. The lowest BCUT2D eigenvalue weighted by Crippen LogP contribution is -2.12. The van der Waals surface area contributed by atoms with Crippen LogP contribution in [0.1, 0.15) is 16.1 Å². The lowest BCUT2D eigenvalue weighted by Gasteiger charge is -2.07. The fourth-order valence-corrected chi connectivity index (χ4v) is 1.93. The van der Waals surface area contributed by atoms with Crippen molar-refractivity contribution in [3.8, 4) is 11.5 Å². The number of fused-ring (bicyclic) bond motifs is 1. The fraction of sp³-hybridized carbons (Fsp3) is 0.143. The van der Waals surface area contributed by atoms with Gasteiger partial charge in [-0.05, 0) is 31.2 Å². The number of aryl methyl sites for hydroxylation is 1. The monoisotopic (exact) mass is 256 g/mol. The maximum absolute atomic E-state index is 12.2. The van der Waals surface area contributed by atoms with E-state index in [2.05, 4.69) is 10.3 Å². The largest absolute Gasteiger partial charge is 0.454 e. The Kier molecular flexibility index (Phi) is 2.79. The van der Waals surface area contributed by atoms with Crippen LogP contribution in [0.3, 0.4) is 0 Å². The minimum absolute atomic E-state index is 0.147. The minimum Gasteiger partial charge on any atom is -0.454 e. The number of nitrogens with one attached hydrogen (secondary N) is 1. The highest BCUT2D eigenvalue weighted by atomic mass is 16.7. The summed E-state index contributed by atoms with van der Waals surface area (Å²) in [5.41, 5.74) is 2.01. The molecule has 2 aromatic rings. The topological polar surface area (TPSA) is 60.5 Å². The van der Waals surface area contributed by atoms with E-state index < -0.39 is 0 Å². The van der Waals surface area contributed by atoms with E-state index in [1.807, 2.05) is 6.92 Å². The summed E-state index contributed by atoms with van der Waals surface area (Å²) in [6.07, 6.45) is 1.65. The highest BCUT2D eigenvalue weighted by molar-refractivity contribution is 6.06. The molecule has 0 saturated heterocycles.